The summed E-state index contributed by atoms with van der Waals surface area (Å²) in [6, 6.07) is 7.08. The van der Waals surface area contributed by atoms with Gasteiger partial charge in [-0.25, -0.2) is 24.2 Å². The highest BCUT2D eigenvalue weighted by Gasteiger charge is 2.74. The lowest BCUT2D eigenvalue weighted by molar-refractivity contribution is -0.564. The van der Waals surface area contributed by atoms with E-state index in [1.54, 1.807) is 41.4 Å². The van der Waals surface area contributed by atoms with Gasteiger partial charge in [0.05, 0.1) is 0 Å². The van der Waals surface area contributed by atoms with Gasteiger partial charge in [-0.15, -0.1) is 13.2 Å². The predicted molar refractivity (Wildman–Crippen MR) is 142 cm³/mol. The molecule has 0 aliphatic rings. The first-order valence-electron chi connectivity index (χ1n) is 14.6. The highest BCUT2D eigenvalue weighted by atomic mass is 19.4. The van der Waals surface area contributed by atoms with Gasteiger partial charge in [0.1, 0.15) is 6.61 Å². The molecule has 0 amide bonds. The standard InChI is InChI=1S/C29H33F13N2O4/c1-2-3-4-5-6-7-11-21-17-43-23(44-18-21)22-14-12-20(13-15-22)10-8-9-16-45-19-24(30,31)46-25(32,33)26(34,35)47-27(36,37)28(38,39)48-29(40,41)42/h12-15,17-18H,2-11,16,19H2,1H3. The van der Waals surface area contributed by atoms with E-state index < -0.39 is 50.1 Å². The number of halogens is 13. The van der Waals surface area contributed by atoms with Crippen LogP contribution in [0.15, 0.2) is 36.7 Å². The fourth-order valence-corrected chi connectivity index (χ4v) is 4.05. The second-order valence-electron chi connectivity index (χ2n) is 10.6. The van der Waals surface area contributed by atoms with Gasteiger partial charge < -0.3 is 4.74 Å². The summed E-state index contributed by atoms with van der Waals surface area (Å²) in [5.41, 5.74) is 2.59. The van der Waals surface area contributed by atoms with Crippen molar-refractivity contribution >= 4 is 0 Å². The quantitative estimate of drug-likeness (QED) is 0.0892. The molecule has 0 radical (unpaired) electrons. The van der Waals surface area contributed by atoms with Gasteiger partial charge in [0.15, 0.2) is 5.82 Å². The van der Waals surface area contributed by atoms with Gasteiger partial charge in [0.2, 0.25) is 0 Å². The second-order valence-corrected chi connectivity index (χ2v) is 10.6. The molecule has 0 fully saturated rings. The Hall–Kier alpha value is -2.77. The molecule has 0 spiro atoms. The van der Waals surface area contributed by atoms with Crippen molar-refractivity contribution in [1.29, 1.82) is 0 Å². The Morgan fingerprint density at radius 3 is 1.58 bits per heavy atom. The van der Waals surface area contributed by atoms with Crippen LogP contribution in [0.5, 0.6) is 0 Å². The summed E-state index contributed by atoms with van der Waals surface area (Å²) in [5, 5.41) is 0. The SMILES string of the molecule is CCCCCCCCc1cnc(-c2ccc(CCCCOCC(F)(F)OC(F)(F)C(F)(F)OC(F)(F)C(F)(F)OC(F)(F)F)cc2)nc1. The third kappa shape index (κ3) is 13.6. The molecule has 0 saturated heterocycles. The summed E-state index contributed by atoms with van der Waals surface area (Å²) >= 11 is 0. The maximum absolute atomic E-state index is 13.7. The molecule has 0 saturated carbocycles. The summed E-state index contributed by atoms with van der Waals surface area (Å²) in [6.07, 6.45) is -27.4. The van der Waals surface area contributed by atoms with E-state index in [0.717, 1.165) is 36.0 Å². The van der Waals surface area contributed by atoms with Crippen LogP contribution in [0.25, 0.3) is 11.4 Å². The lowest BCUT2D eigenvalue weighted by atomic mass is 10.1. The molecule has 2 rings (SSSR count). The van der Waals surface area contributed by atoms with Crippen LogP contribution >= 0.6 is 0 Å². The number of unbranched alkanes of at least 4 members (excludes halogenated alkanes) is 6. The molecule has 48 heavy (non-hydrogen) atoms. The van der Waals surface area contributed by atoms with E-state index in [1.807, 2.05) is 4.74 Å². The minimum absolute atomic E-state index is 0.0528. The topological polar surface area (TPSA) is 62.7 Å². The summed E-state index contributed by atoms with van der Waals surface area (Å²) < 4.78 is 179. The third-order valence-electron chi connectivity index (χ3n) is 6.47. The molecule has 0 unspecified atom stereocenters. The number of hydrogen-bond acceptors (Lipinski definition) is 6. The van der Waals surface area contributed by atoms with Gasteiger partial charge in [-0.1, -0.05) is 63.3 Å². The van der Waals surface area contributed by atoms with Crippen LogP contribution in [0.2, 0.25) is 0 Å². The summed E-state index contributed by atoms with van der Waals surface area (Å²) in [4.78, 5) is 8.79. The van der Waals surface area contributed by atoms with Crippen molar-refractivity contribution in [3.8, 4) is 11.4 Å². The molecule has 0 aliphatic heterocycles. The largest absolute Gasteiger partial charge is 0.527 e. The second kappa shape index (κ2) is 17.2. The summed E-state index contributed by atoms with van der Waals surface area (Å²) in [6.45, 7) is -0.490. The molecular formula is C29H33F13N2O4. The zero-order valence-electron chi connectivity index (χ0n) is 25.4. The molecule has 1 aromatic heterocycles. The van der Waals surface area contributed by atoms with Gasteiger partial charge >= 0.3 is 36.9 Å². The molecule has 0 aliphatic carbocycles. The Morgan fingerprint density at radius 1 is 0.542 bits per heavy atom. The number of ether oxygens (including phenoxy) is 4. The molecule has 6 nitrogen and oxygen atoms in total. The van der Waals surface area contributed by atoms with Gasteiger partial charge in [0.25, 0.3) is 0 Å². The molecule has 0 N–H and O–H groups in total. The van der Waals surface area contributed by atoms with Crippen molar-refractivity contribution in [2.75, 3.05) is 13.2 Å². The van der Waals surface area contributed by atoms with E-state index in [0.29, 0.717) is 18.7 Å². The minimum atomic E-state index is -7.09. The maximum Gasteiger partial charge on any atom is 0.527 e. The predicted octanol–water partition coefficient (Wildman–Crippen LogP) is 9.92. The first-order chi connectivity index (χ1) is 22.1. The highest BCUT2D eigenvalue weighted by Crippen LogP contribution is 2.48. The molecule has 274 valence electrons. The van der Waals surface area contributed by atoms with E-state index in [4.69, 9.17) is 0 Å². The van der Waals surface area contributed by atoms with Crippen LogP contribution in [0.1, 0.15) is 69.4 Å². The van der Waals surface area contributed by atoms with Gasteiger partial charge in [0, 0.05) is 24.6 Å². The van der Waals surface area contributed by atoms with E-state index in [9.17, 15) is 57.1 Å². The number of rotatable bonds is 22. The van der Waals surface area contributed by atoms with E-state index in [1.165, 1.54) is 25.7 Å². The number of nitrogens with zero attached hydrogens (tertiary/aromatic N) is 2. The van der Waals surface area contributed by atoms with E-state index in [-0.39, 0.29) is 6.42 Å². The van der Waals surface area contributed by atoms with Crippen LogP contribution in [-0.4, -0.2) is 60.1 Å². The third-order valence-corrected chi connectivity index (χ3v) is 6.47. The Balaban J connectivity index is 1.76. The van der Waals surface area contributed by atoms with Crippen LogP contribution in [0.4, 0.5) is 57.1 Å². The molecule has 0 bridgehead atoms. The maximum atomic E-state index is 13.7. The van der Waals surface area contributed by atoms with Gasteiger partial charge in [-0.3, -0.25) is 0 Å². The number of aryl methyl sites for hydroxylation is 2. The lowest BCUT2D eigenvalue weighted by Gasteiger charge is -2.33. The van der Waals surface area contributed by atoms with Crippen molar-refractivity contribution in [2.24, 2.45) is 0 Å². The Labute approximate surface area is 266 Å². The number of benzene rings is 1. The first-order valence-corrected chi connectivity index (χ1v) is 14.6. The normalized spacial score (nSPS) is 13.7. The summed E-state index contributed by atoms with van der Waals surface area (Å²) in [7, 11) is 0. The van der Waals surface area contributed by atoms with Crippen molar-refractivity contribution < 1.29 is 76.0 Å². The Bertz CT molecular complexity index is 1230. The van der Waals surface area contributed by atoms with Gasteiger partial charge in [-0.2, -0.15) is 43.9 Å². The molecule has 1 aromatic carbocycles. The van der Waals surface area contributed by atoms with Crippen molar-refractivity contribution in [3.63, 3.8) is 0 Å². The molecule has 0 atom stereocenters. The fourth-order valence-electron chi connectivity index (χ4n) is 4.05. The van der Waals surface area contributed by atoms with E-state index in [2.05, 4.69) is 26.4 Å². The number of aromatic nitrogens is 2. The fraction of sp³-hybridized carbons (Fsp3) is 0.655. The van der Waals surface area contributed by atoms with Crippen LogP contribution in [0, 0.1) is 0 Å². The molecule has 2 aromatic rings. The average Bonchev–Trinajstić information content (AvgIpc) is 2.95. The smallest absolute Gasteiger partial charge is 0.372 e. The molecular weight excluding hydrogens is 687 g/mol. The lowest BCUT2D eigenvalue weighted by Crippen LogP contribution is -2.57. The van der Waals surface area contributed by atoms with E-state index >= 15 is 0 Å². The molecule has 19 heteroatoms. The van der Waals surface area contributed by atoms with Crippen molar-refractivity contribution in [1.82, 2.24) is 9.97 Å². The minimum Gasteiger partial charge on any atom is -0.372 e. The van der Waals surface area contributed by atoms with Crippen molar-refractivity contribution in [2.45, 2.75) is 108 Å². The summed E-state index contributed by atoms with van der Waals surface area (Å²) in [5.74, 6) is 0.516. The average molecular weight is 721 g/mol. The Morgan fingerprint density at radius 2 is 1.02 bits per heavy atom. The number of alkyl halides is 13. The highest BCUT2D eigenvalue weighted by molar-refractivity contribution is 5.55. The Kier molecular flexibility index (Phi) is 14.9. The van der Waals surface area contributed by atoms with Crippen molar-refractivity contribution in [3.05, 3.63) is 47.8 Å². The van der Waals surface area contributed by atoms with Crippen LogP contribution in [0.3, 0.4) is 0 Å². The molecule has 1 heterocycles. The monoisotopic (exact) mass is 720 g/mol. The van der Waals surface area contributed by atoms with Crippen LogP contribution < -0.4 is 0 Å². The number of hydrogen-bond donors (Lipinski definition) is 0. The first kappa shape index (κ1) is 41.4. The zero-order chi connectivity index (χ0) is 36.3. The zero-order valence-corrected chi connectivity index (χ0v) is 25.4. The van der Waals surface area contributed by atoms with Gasteiger partial charge in [-0.05, 0) is 43.2 Å². The van der Waals surface area contributed by atoms with Crippen LogP contribution in [-0.2, 0) is 31.8 Å².